The topological polar surface area (TPSA) is 134 Å². The molecule has 1 aromatic rings. The van der Waals surface area contributed by atoms with E-state index in [2.05, 4.69) is 10.6 Å². The van der Waals surface area contributed by atoms with Gasteiger partial charge in [0.25, 0.3) is 0 Å². The predicted octanol–water partition coefficient (Wildman–Crippen LogP) is 2.58. The third-order valence-corrected chi connectivity index (χ3v) is 6.62. The molecule has 0 saturated carbocycles. The molecule has 10 nitrogen and oxygen atoms in total. The van der Waals surface area contributed by atoms with Crippen LogP contribution >= 0.6 is 0 Å². The molecule has 2 rings (SSSR count). The van der Waals surface area contributed by atoms with Crippen LogP contribution in [0.5, 0.6) is 0 Å². The first-order chi connectivity index (χ1) is 17.4. The Morgan fingerprint density at radius 2 is 1.61 bits per heavy atom. The third kappa shape index (κ3) is 8.18. The van der Waals surface area contributed by atoms with E-state index in [9.17, 15) is 19.2 Å². The molecule has 1 aromatic carbocycles. The molecule has 1 aliphatic rings. The number of benzene rings is 1. The van der Waals surface area contributed by atoms with Gasteiger partial charge in [0.2, 0.25) is 17.7 Å². The fourth-order valence-corrected chi connectivity index (χ4v) is 4.24. The van der Waals surface area contributed by atoms with Crippen molar-refractivity contribution in [1.82, 2.24) is 20.4 Å². The minimum atomic E-state index is -0.948. The summed E-state index contributed by atoms with van der Waals surface area (Å²) in [7, 11) is 1.47. The van der Waals surface area contributed by atoms with E-state index < -0.39 is 47.0 Å². The van der Waals surface area contributed by atoms with Gasteiger partial charge in [0.05, 0.1) is 6.04 Å². The van der Waals surface area contributed by atoms with Crippen molar-refractivity contribution in [3.63, 3.8) is 0 Å². The Morgan fingerprint density at radius 1 is 1.03 bits per heavy atom. The highest BCUT2D eigenvalue weighted by Gasteiger charge is 2.45. The monoisotopic (exact) mass is 531 g/mol. The van der Waals surface area contributed by atoms with Gasteiger partial charge in [-0.25, -0.2) is 4.79 Å². The number of hydrogen-bond donors (Lipinski definition) is 3. The lowest BCUT2D eigenvalue weighted by Gasteiger charge is -2.37. The van der Waals surface area contributed by atoms with Crippen LogP contribution in [0.15, 0.2) is 30.3 Å². The van der Waals surface area contributed by atoms with Crippen LogP contribution in [-0.2, 0) is 19.1 Å². The van der Waals surface area contributed by atoms with Gasteiger partial charge in [-0.15, -0.1) is 0 Å². The van der Waals surface area contributed by atoms with Gasteiger partial charge >= 0.3 is 6.09 Å². The fraction of sp³-hybridized carbons (Fsp3) is 0.643. The van der Waals surface area contributed by atoms with E-state index in [0.29, 0.717) is 6.42 Å². The van der Waals surface area contributed by atoms with Crippen molar-refractivity contribution in [3.8, 4) is 0 Å². The summed E-state index contributed by atoms with van der Waals surface area (Å²) >= 11 is 0. The van der Waals surface area contributed by atoms with Crippen LogP contribution in [0, 0.1) is 5.41 Å². The first-order valence-corrected chi connectivity index (χ1v) is 13.1. The average Bonchev–Trinajstić information content (AvgIpc) is 3.21. The number of likely N-dealkylation sites (N-methyl/N-ethyl adjacent to an activating group) is 1. The molecule has 0 bridgehead atoms. The van der Waals surface area contributed by atoms with Crippen molar-refractivity contribution in [2.24, 2.45) is 11.1 Å². The molecule has 0 aromatic heterocycles. The number of nitrogens with two attached hydrogens (primary N) is 1. The normalized spacial score (nSPS) is 20.2. The van der Waals surface area contributed by atoms with Crippen LogP contribution in [0.3, 0.4) is 0 Å². The van der Waals surface area contributed by atoms with Gasteiger partial charge in [-0.3, -0.25) is 19.3 Å². The number of carbonyl (C=O) groups is 4. The second kappa shape index (κ2) is 12.1. The molecule has 0 unspecified atom stereocenters. The Morgan fingerprint density at radius 3 is 2.13 bits per heavy atom. The summed E-state index contributed by atoms with van der Waals surface area (Å²) in [6.07, 6.45) is -0.324. The number of hydrogen-bond acceptors (Lipinski definition) is 6. The lowest BCUT2D eigenvalue weighted by Crippen LogP contribution is -2.60. The molecule has 1 saturated heterocycles. The quantitative estimate of drug-likeness (QED) is 0.495. The smallest absolute Gasteiger partial charge is 0.410 e. The van der Waals surface area contributed by atoms with Gasteiger partial charge in [-0.05, 0) is 52.0 Å². The average molecular weight is 532 g/mol. The number of likely N-dealkylation sites (tertiary alicyclic amines) is 1. The Kier molecular flexibility index (Phi) is 9.94. The number of rotatable bonds is 7. The van der Waals surface area contributed by atoms with Crippen molar-refractivity contribution < 1.29 is 23.9 Å². The summed E-state index contributed by atoms with van der Waals surface area (Å²) < 4.78 is 5.36. The van der Waals surface area contributed by atoms with E-state index in [1.807, 2.05) is 58.0 Å². The van der Waals surface area contributed by atoms with Crippen LogP contribution in [0.1, 0.15) is 73.4 Å². The van der Waals surface area contributed by atoms with Gasteiger partial charge in [0, 0.05) is 19.6 Å². The molecule has 4 N–H and O–H groups in total. The van der Waals surface area contributed by atoms with Crippen LogP contribution < -0.4 is 16.4 Å². The molecule has 0 radical (unpaired) electrons. The van der Waals surface area contributed by atoms with Gasteiger partial charge in [-0.2, -0.15) is 0 Å². The van der Waals surface area contributed by atoms with Crippen molar-refractivity contribution in [1.29, 1.82) is 0 Å². The summed E-state index contributed by atoms with van der Waals surface area (Å²) in [5, 5.41) is 5.81. The SMILES string of the molecule is C[C@@H](NC(=O)[C@@H]1C[C@H](N)CN1C(=O)[C@@H](NC(=O)[C@H](C)N(C)C(=O)OC(C)(C)C)C(C)(C)C)c1ccccc1. The van der Waals surface area contributed by atoms with Crippen LogP contribution in [0.2, 0.25) is 0 Å². The summed E-state index contributed by atoms with van der Waals surface area (Å²) in [5.41, 5.74) is 5.75. The highest BCUT2D eigenvalue weighted by Crippen LogP contribution is 2.26. The van der Waals surface area contributed by atoms with E-state index in [1.54, 1.807) is 27.7 Å². The third-order valence-electron chi connectivity index (χ3n) is 6.62. The Labute approximate surface area is 226 Å². The Hall–Kier alpha value is -3.14. The molecule has 212 valence electrons. The van der Waals surface area contributed by atoms with E-state index in [-0.39, 0.29) is 24.5 Å². The number of amides is 4. The number of ether oxygens (including phenoxy) is 1. The highest BCUT2D eigenvalue weighted by atomic mass is 16.6. The van der Waals surface area contributed by atoms with Crippen LogP contribution in [0.4, 0.5) is 4.79 Å². The molecular formula is C28H45N5O5. The first kappa shape index (κ1) is 31.1. The summed E-state index contributed by atoms with van der Waals surface area (Å²) in [5.74, 6) is -1.19. The minimum Gasteiger partial charge on any atom is -0.444 e. The number of nitrogens with one attached hydrogen (secondary N) is 2. The second-order valence-corrected chi connectivity index (χ2v) is 12.2. The number of carbonyl (C=O) groups excluding carboxylic acids is 4. The summed E-state index contributed by atoms with van der Waals surface area (Å²) in [6, 6.07) is 6.34. The van der Waals surface area contributed by atoms with Crippen LogP contribution in [-0.4, -0.2) is 77.0 Å². The maximum atomic E-state index is 13.8. The molecule has 38 heavy (non-hydrogen) atoms. The van der Waals surface area contributed by atoms with Crippen molar-refractivity contribution in [3.05, 3.63) is 35.9 Å². The predicted molar refractivity (Wildman–Crippen MR) is 146 cm³/mol. The molecule has 10 heteroatoms. The first-order valence-electron chi connectivity index (χ1n) is 13.1. The van der Waals surface area contributed by atoms with E-state index in [4.69, 9.17) is 10.5 Å². The largest absolute Gasteiger partial charge is 0.444 e. The fourth-order valence-electron chi connectivity index (χ4n) is 4.24. The van der Waals surface area contributed by atoms with E-state index >= 15 is 0 Å². The molecule has 1 heterocycles. The van der Waals surface area contributed by atoms with Gasteiger partial charge < -0.3 is 26.0 Å². The van der Waals surface area contributed by atoms with Crippen molar-refractivity contribution in [2.45, 2.75) is 97.6 Å². The Balaban J connectivity index is 2.19. The molecule has 4 amide bonds. The highest BCUT2D eigenvalue weighted by molar-refractivity contribution is 5.94. The zero-order valence-corrected chi connectivity index (χ0v) is 24.2. The Bertz CT molecular complexity index is 1000. The van der Waals surface area contributed by atoms with E-state index in [0.717, 1.165) is 5.56 Å². The second-order valence-electron chi connectivity index (χ2n) is 12.2. The van der Waals surface area contributed by atoms with Crippen molar-refractivity contribution >= 4 is 23.8 Å². The van der Waals surface area contributed by atoms with Crippen LogP contribution in [0.25, 0.3) is 0 Å². The molecule has 0 aliphatic carbocycles. The summed E-state index contributed by atoms with van der Waals surface area (Å²) in [4.78, 5) is 55.4. The van der Waals surface area contributed by atoms with Crippen molar-refractivity contribution in [2.75, 3.05) is 13.6 Å². The lowest BCUT2D eigenvalue weighted by atomic mass is 9.85. The molecule has 1 aliphatic heterocycles. The van der Waals surface area contributed by atoms with E-state index in [1.165, 1.54) is 16.8 Å². The molecule has 0 spiro atoms. The zero-order valence-electron chi connectivity index (χ0n) is 24.2. The van der Waals surface area contributed by atoms with Gasteiger partial charge in [0.15, 0.2) is 0 Å². The maximum Gasteiger partial charge on any atom is 0.410 e. The summed E-state index contributed by atoms with van der Waals surface area (Å²) in [6.45, 7) is 14.4. The number of nitrogens with zero attached hydrogens (tertiary/aromatic N) is 2. The molecular weight excluding hydrogens is 486 g/mol. The molecule has 5 atom stereocenters. The maximum absolute atomic E-state index is 13.8. The standard InChI is InChI=1S/C28H45N5O5/c1-17(19-13-11-10-12-14-19)30-24(35)21-15-20(29)16-33(21)25(36)22(27(3,4)5)31-23(34)18(2)32(9)26(37)38-28(6,7)8/h10-14,17-18,20-22H,15-16,29H2,1-9H3,(H,30,35)(H,31,34)/t17-,18+,20+,21+,22-/m1/s1. The van der Waals surface area contributed by atoms with Gasteiger partial charge in [0.1, 0.15) is 23.7 Å². The zero-order chi connectivity index (χ0) is 29.0. The van der Waals surface area contributed by atoms with Gasteiger partial charge in [-0.1, -0.05) is 51.1 Å². The molecule has 1 fully saturated rings. The minimum absolute atomic E-state index is 0.201. The lowest BCUT2D eigenvalue weighted by molar-refractivity contribution is -0.144.